The molecule has 3 aliphatic heterocycles. The fourth-order valence-electron chi connectivity index (χ4n) is 5.46. The molecule has 0 bridgehead atoms. The van der Waals surface area contributed by atoms with Gasteiger partial charge >= 0.3 is 5.97 Å². The molecule has 33 heavy (non-hydrogen) atoms. The van der Waals surface area contributed by atoms with Gasteiger partial charge in [-0.3, -0.25) is 4.79 Å². The van der Waals surface area contributed by atoms with Crippen molar-refractivity contribution in [2.45, 2.75) is 69.5 Å². The Balaban J connectivity index is 1.22. The molecule has 0 radical (unpaired) electrons. The van der Waals surface area contributed by atoms with E-state index in [2.05, 4.69) is 32.2 Å². The smallest absolute Gasteiger partial charge is 0.325 e. The summed E-state index contributed by atoms with van der Waals surface area (Å²) in [5.74, 6) is 1.06. The van der Waals surface area contributed by atoms with Crippen LogP contribution in [0.4, 0.5) is 5.69 Å². The minimum Gasteiger partial charge on any atom is -0.458 e. The Labute approximate surface area is 194 Å². The molecular weight excluding hydrogens is 426 g/mol. The lowest BCUT2D eigenvalue weighted by molar-refractivity contribution is -0.170. The van der Waals surface area contributed by atoms with Crippen LogP contribution in [-0.2, 0) is 23.7 Å². The normalized spacial score (nSPS) is 35.8. The summed E-state index contributed by atoms with van der Waals surface area (Å²) in [6, 6.07) is 5.48. The summed E-state index contributed by atoms with van der Waals surface area (Å²) < 4.78 is 34.8. The molecule has 0 aromatic heterocycles. The Morgan fingerprint density at radius 3 is 2.79 bits per heavy atom. The van der Waals surface area contributed by atoms with E-state index in [9.17, 15) is 4.79 Å². The first-order valence-corrected chi connectivity index (χ1v) is 11.7. The number of anilines is 1. The van der Waals surface area contributed by atoms with E-state index in [1.165, 1.54) is 5.57 Å². The van der Waals surface area contributed by atoms with Gasteiger partial charge in [0.25, 0.3) is 0 Å². The lowest BCUT2D eigenvalue weighted by Crippen LogP contribution is -2.55. The molecule has 3 heterocycles. The SMILES string of the molecule is CO[C@@H]1[C@H](OC(=O)CNc2ccc3c(c2)OCO3)CC[C@]2(CO2)[C@H]1[C@@]1(C)OC1CC=C(C)C. The molecule has 3 fully saturated rings. The summed E-state index contributed by atoms with van der Waals surface area (Å²) in [5, 5.41) is 3.11. The fraction of sp³-hybridized carbons (Fsp3) is 0.640. The van der Waals surface area contributed by atoms with E-state index in [1.807, 2.05) is 18.2 Å². The first-order valence-electron chi connectivity index (χ1n) is 11.7. The average molecular weight is 460 g/mol. The predicted molar refractivity (Wildman–Crippen MR) is 120 cm³/mol. The number of carbonyl (C=O) groups excluding carboxylic acids is 1. The molecule has 4 aliphatic rings. The summed E-state index contributed by atoms with van der Waals surface area (Å²) in [6.45, 7) is 7.30. The van der Waals surface area contributed by atoms with Gasteiger partial charge in [0.15, 0.2) is 11.5 Å². The number of rotatable bonds is 8. The number of epoxide rings is 2. The number of methoxy groups -OCH3 is 1. The molecule has 180 valence electrons. The van der Waals surface area contributed by atoms with Gasteiger partial charge in [0, 0.05) is 18.9 Å². The third-order valence-corrected chi connectivity index (χ3v) is 7.33. The fourth-order valence-corrected chi connectivity index (χ4v) is 5.46. The number of nitrogens with one attached hydrogen (secondary N) is 1. The molecule has 1 aromatic carbocycles. The van der Waals surface area contributed by atoms with Crippen molar-refractivity contribution >= 4 is 11.7 Å². The Kier molecular flexibility index (Phi) is 5.79. The molecule has 5 rings (SSSR count). The van der Waals surface area contributed by atoms with E-state index in [0.717, 1.165) is 18.5 Å². The summed E-state index contributed by atoms with van der Waals surface area (Å²) in [5.41, 5.74) is 1.47. The lowest BCUT2D eigenvalue weighted by atomic mass is 9.68. The Hall–Kier alpha value is -2.29. The molecular formula is C25H33NO7. The Morgan fingerprint density at radius 2 is 2.06 bits per heavy atom. The molecule has 8 heteroatoms. The van der Waals surface area contributed by atoms with Gasteiger partial charge in [-0.15, -0.1) is 0 Å². The Bertz CT molecular complexity index is 939. The van der Waals surface area contributed by atoms with Gasteiger partial charge in [-0.1, -0.05) is 11.6 Å². The van der Waals surface area contributed by atoms with Crippen LogP contribution in [-0.4, -0.2) is 62.5 Å². The number of ether oxygens (including phenoxy) is 6. The highest BCUT2D eigenvalue weighted by molar-refractivity contribution is 5.75. The van der Waals surface area contributed by atoms with E-state index in [1.54, 1.807) is 7.11 Å². The van der Waals surface area contributed by atoms with Crippen LogP contribution < -0.4 is 14.8 Å². The molecule has 1 spiro atoms. The minimum atomic E-state index is -0.348. The zero-order valence-corrected chi connectivity index (χ0v) is 19.7. The minimum absolute atomic E-state index is 0.0129. The van der Waals surface area contributed by atoms with Gasteiger partial charge in [0.1, 0.15) is 30.0 Å². The first kappa shape index (κ1) is 22.5. The van der Waals surface area contributed by atoms with Crippen LogP contribution in [0.25, 0.3) is 0 Å². The number of benzene rings is 1. The summed E-state index contributed by atoms with van der Waals surface area (Å²) in [7, 11) is 1.68. The van der Waals surface area contributed by atoms with Gasteiger partial charge in [-0.05, 0) is 52.2 Å². The van der Waals surface area contributed by atoms with Crippen LogP contribution in [0, 0.1) is 5.92 Å². The van der Waals surface area contributed by atoms with Crippen molar-refractivity contribution in [2.75, 3.05) is 32.4 Å². The predicted octanol–water partition coefficient (Wildman–Crippen LogP) is 3.45. The van der Waals surface area contributed by atoms with Gasteiger partial charge < -0.3 is 33.7 Å². The number of allylic oxidation sites excluding steroid dienone is 1. The highest BCUT2D eigenvalue weighted by Crippen LogP contribution is 2.59. The second-order valence-electron chi connectivity index (χ2n) is 9.83. The van der Waals surface area contributed by atoms with E-state index >= 15 is 0 Å². The number of carbonyl (C=O) groups is 1. The van der Waals surface area contributed by atoms with Crippen LogP contribution in [0.2, 0.25) is 0 Å². The summed E-state index contributed by atoms with van der Waals surface area (Å²) >= 11 is 0. The van der Waals surface area contributed by atoms with E-state index in [-0.39, 0.29) is 54.7 Å². The molecule has 1 N–H and O–H groups in total. The zero-order chi connectivity index (χ0) is 23.2. The van der Waals surface area contributed by atoms with Crippen molar-refractivity contribution in [2.24, 2.45) is 5.92 Å². The third kappa shape index (κ3) is 4.32. The van der Waals surface area contributed by atoms with E-state index in [0.29, 0.717) is 24.5 Å². The lowest BCUT2D eigenvalue weighted by Gasteiger charge is -2.42. The zero-order valence-electron chi connectivity index (χ0n) is 19.7. The van der Waals surface area contributed by atoms with Crippen LogP contribution in [0.15, 0.2) is 29.8 Å². The molecule has 2 saturated heterocycles. The topological polar surface area (TPSA) is 91.1 Å². The summed E-state index contributed by atoms with van der Waals surface area (Å²) in [6.07, 6.45) is 4.12. The number of hydrogen-bond acceptors (Lipinski definition) is 8. The average Bonchev–Trinajstić information content (AvgIpc) is 3.65. The summed E-state index contributed by atoms with van der Waals surface area (Å²) in [4.78, 5) is 12.7. The standard InChI is InChI=1S/C25H33NO7/c1-15(2)5-8-20-24(3,33-20)23-22(28-4)18(9-10-25(23)13-31-25)32-21(27)12-26-16-6-7-17-19(11-16)30-14-29-17/h5-7,11,18,20,22-23,26H,8-10,12-14H2,1-4H3/t18-,20?,22-,23-,24+,25+/m1/s1. The maximum Gasteiger partial charge on any atom is 0.325 e. The van der Waals surface area contributed by atoms with Crippen molar-refractivity contribution in [3.63, 3.8) is 0 Å². The number of fused-ring (bicyclic) bond motifs is 1. The second kappa shape index (κ2) is 8.49. The third-order valence-electron chi connectivity index (χ3n) is 7.33. The largest absolute Gasteiger partial charge is 0.458 e. The van der Waals surface area contributed by atoms with Crippen LogP contribution in [0.5, 0.6) is 11.5 Å². The van der Waals surface area contributed by atoms with Gasteiger partial charge in [0.2, 0.25) is 6.79 Å². The van der Waals surface area contributed by atoms with E-state index < -0.39 is 0 Å². The van der Waals surface area contributed by atoms with Crippen molar-refractivity contribution < 1.29 is 33.2 Å². The number of hydrogen-bond donors (Lipinski definition) is 1. The van der Waals surface area contributed by atoms with Crippen molar-refractivity contribution in [3.05, 3.63) is 29.8 Å². The van der Waals surface area contributed by atoms with Crippen LogP contribution >= 0.6 is 0 Å². The maximum atomic E-state index is 12.7. The van der Waals surface area contributed by atoms with Crippen LogP contribution in [0.1, 0.15) is 40.0 Å². The molecule has 1 aromatic rings. The van der Waals surface area contributed by atoms with Gasteiger partial charge in [0.05, 0.1) is 18.6 Å². The van der Waals surface area contributed by atoms with Crippen LogP contribution in [0.3, 0.4) is 0 Å². The first-order chi connectivity index (χ1) is 15.8. The molecule has 6 atom stereocenters. The molecule has 1 aliphatic carbocycles. The molecule has 0 amide bonds. The molecule has 1 saturated carbocycles. The quantitative estimate of drug-likeness (QED) is 0.359. The molecule has 8 nitrogen and oxygen atoms in total. The van der Waals surface area contributed by atoms with Crippen molar-refractivity contribution in [1.82, 2.24) is 0 Å². The maximum absolute atomic E-state index is 12.7. The highest BCUT2D eigenvalue weighted by atomic mass is 16.7. The highest BCUT2D eigenvalue weighted by Gasteiger charge is 2.72. The van der Waals surface area contributed by atoms with Crippen molar-refractivity contribution in [3.8, 4) is 11.5 Å². The van der Waals surface area contributed by atoms with E-state index in [4.69, 9.17) is 28.4 Å². The van der Waals surface area contributed by atoms with Gasteiger partial charge in [-0.2, -0.15) is 0 Å². The Morgan fingerprint density at radius 1 is 1.27 bits per heavy atom. The van der Waals surface area contributed by atoms with Crippen molar-refractivity contribution in [1.29, 1.82) is 0 Å². The monoisotopic (exact) mass is 459 g/mol. The number of esters is 1. The molecule has 1 unspecified atom stereocenters. The van der Waals surface area contributed by atoms with Gasteiger partial charge in [-0.25, -0.2) is 0 Å². The second-order valence-corrected chi connectivity index (χ2v) is 9.83.